The molecule has 2 N–H and O–H groups in total. The first-order valence-corrected chi connectivity index (χ1v) is 5.67. The molecule has 0 aliphatic carbocycles. The molecule has 1 amide bonds. The van der Waals surface area contributed by atoms with E-state index >= 15 is 0 Å². The predicted molar refractivity (Wildman–Crippen MR) is 63.9 cm³/mol. The molecular formula is C12H17N3O2. The maximum absolute atomic E-state index is 12.3. The number of nitrogens with one attached hydrogen (secondary N) is 1. The van der Waals surface area contributed by atoms with Crippen LogP contribution in [0.4, 0.5) is 0 Å². The van der Waals surface area contributed by atoms with Crippen LogP contribution in [0, 0.1) is 0 Å². The molecule has 0 atom stereocenters. The van der Waals surface area contributed by atoms with Crippen LogP contribution in [0.5, 0.6) is 5.75 Å². The highest BCUT2D eigenvalue weighted by atomic mass is 16.3. The molecule has 0 bridgehead atoms. The highest BCUT2D eigenvalue weighted by molar-refractivity contribution is 5.94. The first-order valence-electron chi connectivity index (χ1n) is 5.67. The molecule has 5 nitrogen and oxygen atoms in total. The zero-order valence-corrected chi connectivity index (χ0v) is 10.1. The van der Waals surface area contributed by atoms with Crippen LogP contribution >= 0.6 is 0 Å². The molecule has 5 heteroatoms. The summed E-state index contributed by atoms with van der Waals surface area (Å²) in [6.07, 6.45) is 2.81. The van der Waals surface area contributed by atoms with Gasteiger partial charge in [-0.25, -0.2) is 0 Å². The number of rotatable bonds is 1. The molecule has 0 radical (unpaired) electrons. The second kappa shape index (κ2) is 4.33. The predicted octanol–water partition coefficient (Wildman–Crippen LogP) is 0.611. The number of nitrogens with zero attached hydrogens (tertiary/aromatic N) is 2. The van der Waals surface area contributed by atoms with Crippen molar-refractivity contribution in [1.82, 2.24) is 15.2 Å². The number of carbonyl (C=O) groups excluding carboxylic acids is 1. The van der Waals surface area contributed by atoms with Gasteiger partial charge in [-0.3, -0.25) is 9.78 Å². The summed E-state index contributed by atoms with van der Waals surface area (Å²) in [6, 6.07) is 1.45. The molecule has 0 spiro atoms. The SMILES string of the molecule is CC1(C)CNCCN1C(=O)c1cncc(O)c1. The molecule has 92 valence electrons. The van der Waals surface area contributed by atoms with Crippen LogP contribution in [0.1, 0.15) is 24.2 Å². The van der Waals surface area contributed by atoms with Gasteiger partial charge in [0.15, 0.2) is 0 Å². The number of hydrogen-bond acceptors (Lipinski definition) is 4. The summed E-state index contributed by atoms with van der Waals surface area (Å²) in [7, 11) is 0. The van der Waals surface area contributed by atoms with Gasteiger partial charge in [-0.2, -0.15) is 0 Å². The summed E-state index contributed by atoms with van der Waals surface area (Å²) in [5.41, 5.74) is 0.209. The van der Waals surface area contributed by atoms with E-state index in [1.54, 1.807) is 0 Å². The Labute approximate surface area is 100 Å². The van der Waals surface area contributed by atoms with Crippen molar-refractivity contribution in [3.63, 3.8) is 0 Å². The normalized spacial score (nSPS) is 19.1. The lowest BCUT2D eigenvalue weighted by molar-refractivity contribution is 0.0476. The summed E-state index contributed by atoms with van der Waals surface area (Å²) < 4.78 is 0. The van der Waals surface area contributed by atoms with Gasteiger partial charge in [-0.1, -0.05) is 0 Å². The van der Waals surface area contributed by atoms with Crippen molar-refractivity contribution in [1.29, 1.82) is 0 Å². The van der Waals surface area contributed by atoms with E-state index in [2.05, 4.69) is 10.3 Å². The lowest BCUT2D eigenvalue weighted by Gasteiger charge is -2.42. The van der Waals surface area contributed by atoms with Crippen molar-refractivity contribution >= 4 is 5.91 Å². The van der Waals surface area contributed by atoms with Crippen LogP contribution in [-0.2, 0) is 0 Å². The lowest BCUT2D eigenvalue weighted by atomic mass is 9.99. The quantitative estimate of drug-likeness (QED) is 0.748. The summed E-state index contributed by atoms with van der Waals surface area (Å²) in [6.45, 7) is 6.27. The molecular weight excluding hydrogens is 218 g/mol. The Bertz CT molecular complexity index is 432. The third-order valence-electron chi connectivity index (χ3n) is 3.02. The van der Waals surface area contributed by atoms with Crippen molar-refractivity contribution in [2.24, 2.45) is 0 Å². The number of aromatic hydroxyl groups is 1. The Kier molecular flexibility index (Phi) is 3.02. The van der Waals surface area contributed by atoms with Crippen LogP contribution in [0.3, 0.4) is 0 Å². The standard InChI is InChI=1S/C12H17N3O2/c1-12(2)8-13-3-4-15(12)11(17)9-5-10(16)7-14-6-9/h5-7,13,16H,3-4,8H2,1-2H3. The molecule has 2 heterocycles. The number of aromatic nitrogens is 1. The molecule has 1 saturated heterocycles. The Morgan fingerprint density at radius 2 is 2.29 bits per heavy atom. The molecule has 1 aromatic rings. The molecule has 0 saturated carbocycles. The van der Waals surface area contributed by atoms with E-state index in [9.17, 15) is 9.90 Å². The van der Waals surface area contributed by atoms with Gasteiger partial charge in [0.1, 0.15) is 5.75 Å². The Morgan fingerprint density at radius 3 is 2.94 bits per heavy atom. The highest BCUT2D eigenvalue weighted by Gasteiger charge is 2.33. The van der Waals surface area contributed by atoms with Crippen LogP contribution in [0.25, 0.3) is 0 Å². The maximum Gasteiger partial charge on any atom is 0.256 e. The molecule has 1 aliphatic heterocycles. The third kappa shape index (κ3) is 2.39. The highest BCUT2D eigenvalue weighted by Crippen LogP contribution is 2.20. The van der Waals surface area contributed by atoms with Gasteiger partial charge < -0.3 is 15.3 Å². The zero-order chi connectivity index (χ0) is 12.5. The molecule has 1 aromatic heterocycles. The largest absolute Gasteiger partial charge is 0.506 e. The van der Waals surface area contributed by atoms with E-state index in [0.717, 1.165) is 13.1 Å². The van der Waals surface area contributed by atoms with Gasteiger partial charge in [0.05, 0.1) is 17.3 Å². The van der Waals surface area contributed by atoms with Gasteiger partial charge in [-0.05, 0) is 19.9 Å². The minimum atomic E-state index is -0.221. The van der Waals surface area contributed by atoms with E-state index in [-0.39, 0.29) is 17.2 Å². The number of piperazine rings is 1. The molecule has 2 rings (SSSR count). The average molecular weight is 235 g/mol. The molecule has 1 aliphatic rings. The van der Waals surface area contributed by atoms with E-state index in [4.69, 9.17) is 0 Å². The summed E-state index contributed by atoms with van der Waals surface area (Å²) in [5.74, 6) is -0.0660. The van der Waals surface area contributed by atoms with Crippen molar-refractivity contribution in [2.45, 2.75) is 19.4 Å². The van der Waals surface area contributed by atoms with Crippen LogP contribution < -0.4 is 5.32 Å². The first-order chi connectivity index (χ1) is 8.00. The molecule has 17 heavy (non-hydrogen) atoms. The number of carbonyl (C=O) groups is 1. The van der Waals surface area contributed by atoms with Crippen LogP contribution in [0.2, 0.25) is 0 Å². The first kappa shape index (κ1) is 11.9. The van der Waals surface area contributed by atoms with Gasteiger partial charge in [0.25, 0.3) is 5.91 Å². The minimum absolute atomic E-state index is 0.0174. The van der Waals surface area contributed by atoms with E-state index in [1.807, 2.05) is 18.7 Å². The van der Waals surface area contributed by atoms with E-state index in [0.29, 0.717) is 12.1 Å². The topological polar surface area (TPSA) is 65.5 Å². The van der Waals surface area contributed by atoms with Crippen molar-refractivity contribution in [3.8, 4) is 5.75 Å². The minimum Gasteiger partial charge on any atom is -0.506 e. The smallest absolute Gasteiger partial charge is 0.256 e. The second-order valence-electron chi connectivity index (χ2n) is 4.88. The average Bonchev–Trinajstić information content (AvgIpc) is 2.27. The Hall–Kier alpha value is -1.62. The third-order valence-corrected chi connectivity index (χ3v) is 3.02. The van der Waals surface area contributed by atoms with E-state index in [1.165, 1.54) is 18.5 Å². The maximum atomic E-state index is 12.3. The fraction of sp³-hybridized carbons (Fsp3) is 0.500. The molecule has 0 unspecified atom stereocenters. The fourth-order valence-corrected chi connectivity index (χ4v) is 2.06. The number of pyridine rings is 1. The molecule has 1 fully saturated rings. The van der Waals surface area contributed by atoms with Gasteiger partial charge in [0, 0.05) is 25.8 Å². The fourth-order valence-electron chi connectivity index (χ4n) is 2.06. The summed E-state index contributed by atoms with van der Waals surface area (Å²) in [4.78, 5) is 18.0. The van der Waals surface area contributed by atoms with Gasteiger partial charge in [-0.15, -0.1) is 0 Å². The summed E-state index contributed by atoms with van der Waals surface area (Å²) in [5, 5.41) is 12.6. The molecule has 0 aromatic carbocycles. The van der Waals surface area contributed by atoms with Crippen molar-refractivity contribution in [2.75, 3.05) is 19.6 Å². The van der Waals surface area contributed by atoms with Crippen LogP contribution in [-0.4, -0.2) is 46.1 Å². The van der Waals surface area contributed by atoms with Gasteiger partial charge in [0.2, 0.25) is 0 Å². The van der Waals surface area contributed by atoms with Gasteiger partial charge >= 0.3 is 0 Å². The second-order valence-corrected chi connectivity index (χ2v) is 4.88. The number of hydrogen-bond donors (Lipinski definition) is 2. The van der Waals surface area contributed by atoms with Crippen molar-refractivity contribution < 1.29 is 9.90 Å². The number of amides is 1. The monoisotopic (exact) mass is 235 g/mol. The zero-order valence-electron chi connectivity index (χ0n) is 10.1. The summed E-state index contributed by atoms with van der Waals surface area (Å²) >= 11 is 0. The Morgan fingerprint density at radius 1 is 1.53 bits per heavy atom. The van der Waals surface area contributed by atoms with Crippen LogP contribution in [0.15, 0.2) is 18.5 Å². The Balaban J connectivity index is 2.25. The van der Waals surface area contributed by atoms with E-state index < -0.39 is 0 Å². The van der Waals surface area contributed by atoms with Crippen molar-refractivity contribution in [3.05, 3.63) is 24.0 Å². The lowest BCUT2D eigenvalue weighted by Crippen LogP contribution is -2.59.